The maximum Gasteiger partial charge on any atom is 0.337 e. The van der Waals surface area contributed by atoms with Crippen LogP contribution in [0.2, 0.25) is 0 Å². The maximum atomic E-state index is 12.8. The fourth-order valence-corrected chi connectivity index (χ4v) is 8.53. The van der Waals surface area contributed by atoms with E-state index in [2.05, 4.69) is 15.1 Å². The molecule has 17 heteroatoms. The topological polar surface area (TPSA) is 218 Å². The number of allylic oxidation sites excluding steroid dienone is 1. The summed E-state index contributed by atoms with van der Waals surface area (Å²) in [6.45, 7) is 0. The van der Waals surface area contributed by atoms with Gasteiger partial charge in [-0.3, -0.25) is 13.9 Å². The molecule has 0 aliphatic carbocycles. The van der Waals surface area contributed by atoms with Crippen molar-refractivity contribution in [2.45, 2.75) is 56.8 Å². The zero-order valence-electron chi connectivity index (χ0n) is 20.3. The Morgan fingerprint density at radius 2 is 1.74 bits per heavy atom. The van der Waals surface area contributed by atoms with Crippen LogP contribution in [0.3, 0.4) is 0 Å². The summed E-state index contributed by atoms with van der Waals surface area (Å²) < 4.78 is 43.7. The molecule has 0 bridgehead atoms. The van der Waals surface area contributed by atoms with E-state index in [9.17, 15) is 23.7 Å². The zero-order valence-corrected chi connectivity index (χ0v) is 22.1. The molecular weight excluding hydrogens is 540 g/mol. The largest absolute Gasteiger partial charge is 0.383 e. The quantitative estimate of drug-likeness (QED) is 0.316. The fourth-order valence-electron chi connectivity index (χ4n) is 4.83. The first-order valence-corrected chi connectivity index (χ1v) is 15.6. The average Bonchev–Trinajstić information content (AvgIpc) is 3.58. The van der Waals surface area contributed by atoms with Gasteiger partial charge in [0.2, 0.25) is 5.91 Å². The third kappa shape index (κ3) is 5.99. The first kappa shape index (κ1) is 26.9. The van der Waals surface area contributed by atoms with Gasteiger partial charge in [-0.2, -0.15) is 5.10 Å². The van der Waals surface area contributed by atoms with E-state index < -0.39 is 58.1 Å². The number of primary amides is 1. The number of amides is 1. The van der Waals surface area contributed by atoms with Crippen LogP contribution in [0.15, 0.2) is 36.6 Å². The Hall–Kier alpha value is -2.64. The van der Waals surface area contributed by atoms with Crippen molar-refractivity contribution in [3.63, 3.8) is 0 Å². The molecule has 15 nitrogen and oxygen atoms in total. The number of nitrogens with two attached hydrogens (primary N) is 2. The third-order valence-electron chi connectivity index (χ3n) is 6.56. The highest BCUT2D eigenvalue weighted by atomic mass is 31.3. The molecule has 6 unspecified atom stereocenters. The molecule has 1 amide bonds. The van der Waals surface area contributed by atoms with Crippen LogP contribution in [0, 0.1) is 0 Å². The van der Waals surface area contributed by atoms with E-state index in [4.69, 9.17) is 25.3 Å². The van der Waals surface area contributed by atoms with Gasteiger partial charge < -0.3 is 35.6 Å². The standard InChI is InChI=1S/C21H29N7O8P2/c22-19-16-8-26-28(21(16)25-12-24-19)18-6-4-15(35-18)11-38(32,33)36-37(30,31)10-14-3-5-17(34-14)27-7-1-2-13(9-27)20(23)29/h1,7-9,12,14-15,17-18H,2-6,10-11H2,(H2,23,29)(H,30,31)(H,32,33)(H2,22,24,25). The Labute approximate surface area is 217 Å². The minimum Gasteiger partial charge on any atom is -0.383 e. The van der Waals surface area contributed by atoms with Crippen LogP contribution in [0.4, 0.5) is 5.82 Å². The number of anilines is 1. The second-order valence-corrected chi connectivity index (χ2v) is 13.4. The van der Waals surface area contributed by atoms with Gasteiger partial charge >= 0.3 is 15.2 Å². The number of rotatable bonds is 9. The van der Waals surface area contributed by atoms with Gasteiger partial charge in [0.15, 0.2) is 11.9 Å². The molecule has 6 N–H and O–H groups in total. The van der Waals surface area contributed by atoms with E-state index in [1.165, 1.54) is 17.2 Å². The van der Waals surface area contributed by atoms with Crippen LogP contribution < -0.4 is 11.5 Å². The van der Waals surface area contributed by atoms with Gasteiger partial charge in [0.1, 0.15) is 18.4 Å². The molecule has 2 fully saturated rings. The van der Waals surface area contributed by atoms with E-state index in [1.807, 2.05) is 0 Å². The number of hydrogen-bond acceptors (Lipinski definition) is 11. The molecular formula is C21H29N7O8P2. The lowest BCUT2D eigenvalue weighted by atomic mass is 10.1. The van der Waals surface area contributed by atoms with Crippen molar-refractivity contribution in [3.8, 4) is 0 Å². The van der Waals surface area contributed by atoms with Crippen LogP contribution in [0.25, 0.3) is 11.0 Å². The summed E-state index contributed by atoms with van der Waals surface area (Å²) in [5.74, 6) is -0.255. The van der Waals surface area contributed by atoms with Crippen molar-refractivity contribution in [2.75, 3.05) is 18.1 Å². The monoisotopic (exact) mass is 569 g/mol. The lowest BCUT2D eigenvalue weighted by Crippen LogP contribution is -2.30. The first-order valence-electron chi connectivity index (χ1n) is 12.0. The molecule has 38 heavy (non-hydrogen) atoms. The molecule has 5 heterocycles. The number of nitrogens with zero attached hydrogens (tertiary/aromatic N) is 5. The predicted octanol–water partition coefficient (Wildman–Crippen LogP) is 1.57. The van der Waals surface area contributed by atoms with Crippen molar-refractivity contribution in [3.05, 3.63) is 36.6 Å². The molecule has 0 aromatic carbocycles. The van der Waals surface area contributed by atoms with Gasteiger partial charge in [-0.15, -0.1) is 0 Å². The van der Waals surface area contributed by atoms with Gasteiger partial charge in [0.25, 0.3) is 0 Å². The molecule has 5 rings (SSSR count). The highest BCUT2D eigenvalue weighted by Gasteiger charge is 2.41. The highest BCUT2D eigenvalue weighted by Crippen LogP contribution is 2.61. The van der Waals surface area contributed by atoms with Gasteiger partial charge in [0.05, 0.1) is 36.1 Å². The normalized spacial score (nSPS) is 28.8. The van der Waals surface area contributed by atoms with E-state index in [1.54, 1.807) is 23.4 Å². The lowest BCUT2D eigenvalue weighted by Gasteiger charge is -2.27. The van der Waals surface area contributed by atoms with Crippen LogP contribution in [-0.2, 0) is 27.7 Å². The molecule has 0 saturated carbocycles. The highest BCUT2D eigenvalue weighted by molar-refractivity contribution is 7.66. The van der Waals surface area contributed by atoms with Crippen molar-refractivity contribution >= 4 is 37.9 Å². The van der Waals surface area contributed by atoms with Gasteiger partial charge in [-0.25, -0.2) is 19.0 Å². The van der Waals surface area contributed by atoms with Crippen molar-refractivity contribution in [2.24, 2.45) is 5.73 Å². The lowest BCUT2D eigenvalue weighted by molar-refractivity contribution is -0.114. The number of ether oxygens (including phenoxy) is 2. The number of fused-ring (bicyclic) bond motifs is 1. The number of carbonyl (C=O) groups is 1. The van der Waals surface area contributed by atoms with Gasteiger partial charge in [-0.05, 0) is 32.1 Å². The summed E-state index contributed by atoms with van der Waals surface area (Å²) in [4.78, 5) is 42.0. The van der Waals surface area contributed by atoms with Crippen LogP contribution in [0.5, 0.6) is 0 Å². The fraction of sp³-hybridized carbons (Fsp3) is 0.524. The molecule has 2 saturated heterocycles. The predicted molar refractivity (Wildman–Crippen MR) is 134 cm³/mol. The second-order valence-electron chi connectivity index (χ2n) is 9.44. The van der Waals surface area contributed by atoms with Gasteiger partial charge in [0, 0.05) is 18.0 Å². The number of hydrogen-bond donors (Lipinski definition) is 4. The Balaban J connectivity index is 1.14. The minimum atomic E-state index is -4.49. The number of nitrogen functional groups attached to an aromatic ring is 1. The summed E-state index contributed by atoms with van der Waals surface area (Å²) in [5.41, 5.74) is 12.1. The Morgan fingerprint density at radius 3 is 2.42 bits per heavy atom. The number of aromatic nitrogens is 4. The summed E-state index contributed by atoms with van der Waals surface area (Å²) in [5, 5.41) is 4.82. The third-order valence-corrected chi connectivity index (χ3v) is 10.3. The van der Waals surface area contributed by atoms with Gasteiger partial charge in [-0.1, -0.05) is 6.08 Å². The molecule has 3 aliphatic heterocycles. The Bertz CT molecular complexity index is 1380. The Morgan fingerprint density at radius 1 is 1.08 bits per heavy atom. The molecule has 6 atom stereocenters. The van der Waals surface area contributed by atoms with Crippen LogP contribution >= 0.6 is 15.2 Å². The summed E-state index contributed by atoms with van der Waals surface area (Å²) in [6.07, 6.45) is 6.90. The van der Waals surface area contributed by atoms with E-state index in [0.29, 0.717) is 48.7 Å². The first-order chi connectivity index (χ1) is 18.0. The van der Waals surface area contributed by atoms with E-state index in [0.717, 1.165) is 0 Å². The molecule has 206 valence electrons. The minimum absolute atomic E-state index is 0.277. The second kappa shape index (κ2) is 10.5. The van der Waals surface area contributed by atoms with Crippen molar-refractivity contribution in [1.82, 2.24) is 24.6 Å². The zero-order chi connectivity index (χ0) is 27.1. The summed E-state index contributed by atoms with van der Waals surface area (Å²) in [6, 6.07) is 0. The molecule has 3 aliphatic rings. The Kier molecular flexibility index (Phi) is 7.44. The molecule has 0 spiro atoms. The number of carbonyl (C=O) groups excluding carboxylic acids is 1. The van der Waals surface area contributed by atoms with Crippen LogP contribution in [0.1, 0.15) is 38.3 Å². The van der Waals surface area contributed by atoms with Crippen molar-refractivity contribution < 1.29 is 37.5 Å². The molecule has 2 aromatic heterocycles. The SMILES string of the molecule is NC(=O)C1=CN(C2CCC(CP(=O)(O)OP(=O)(O)CC3CCC(n4ncc5c(N)ncnc54)O3)O2)C=CC1. The summed E-state index contributed by atoms with van der Waals surface area (Å²) >= 11 is 0. The van der Waals surface area contributed by atoms with E-state index in [-0.39, 0.29) is 5.82 Å². The van der Waals surface area contributed by atoms with Crippen molar-refractivity contribution in [1.29, 1.82) is 0 Å². The molecule has 2 aromatic rings. The maximum absolute atomic E-state index is 12.8. The van der Waals surface area contributed by atoms with E-state index >= 15 is 0 Å². The van der Waals surface area contributed by atoms with Crippen LogP contribution in [-0.4, -0.2) is 71.1 Å². The summed E-state index contributed by atoms with van der Waals surface area (Å²) in [7, 11) is -8.98. The average molecular weight is 569 g/mol. The molecule has 0 radical (unpaired) electrons. The smallest absolute Gasteiger partial charge is 0.337 e.